The van der Waals surface area contributed by atoms with Gasteiger partial charge in [0.2, 0.25) is 0 Å². The zero-order valence-electron chi connectivity index (χ0n) is 28.9. The van der Waals surface area contributed by atoms with Gasteiger partial charge in [-0.3, -0.25) is 24.1 Å². The van der Waals surface area contributed by atoms with Crippen LogP contribution in [0, 0.1) is 21.8 Å². The molecular formula is C38H42FN9O4. The van der Waals surface area contributed by atoms with Crippen molar-refractivity contribution < 1.29 is 14.1 Å². The van der Waals surface area contributed by atoms with E-state index in [1.54, 1.807) is 4.57 Å². The third-order valence-electron chi connectivity index (χ3n) is 11.0. The number of nitrogens with two attached hydrogens (primary N) is 1. The first-order valence-electron chi connectivity index (χ1n) is 18.0. The van der Waals surface area contributed by atoms with E-state index >= 15 is 0 Å². The third kappa shape index (κ3) is 6.71. The summed E-state index contributed by atoms with van der Waals surface area (Å²) in [7, 11) is 0. The number of nitrogens with zero attached hydrogens (tertiary/aromatic N) is 8. The number of piperidine rings is 2. The van der Waals surface area contributed by atoms with Crippen molar-refractivity contribution >= 4 is 28.4 Å². The highest BCUT2D eigenvalue weighted by Crippen LogP contribution is 2.33. The monoisotopic (exact) mass is 707 g/mol. The summed E-state index contributed by atoms with van der Waals surface area (Å²) in [4.78, 5) is 40.2. The summed E-state index contributed by atoms with van der Waals surface area (Å²) in [6.45, 7) is 6.41. The van der Waals surface area contributed by atoms with Gasteiger partial charge >= 0.3 is 5.69 Å². The van der Waals surface area contributed by atoms with Gasteiger partial charge in [0.1, 0.15) is 23.3 Å². The standard InChI is InChI=1S/C38H42FN9O4/c39-33-22-29(48(50)51)8-11-34(33)45-23-30(24-45)44-20-13-26(14-21-44)12-17-43-18-15-28(16-19-43)47-37-35(36(40)41-25-42-37)46(38(47)49)27-6-9-32(10-7-27)52-31-4-2-1-3-5-31/h1-11,22,25-26,28,30H,12-21,23-24H2,(H2,40,41,42). The molecule has 3 aromatic carbocycles. The number of hydrogen-bond acceptors (Lipinski definition) is 10. The summed E-state index contributed by atoms with van der Waals surface area (Å²) in [6.07, 6.45) is 6.56. The van der Waals surface area contributed by atoms with E-state index in [0.29, 0.717) is 40.2 Å². The number of nitro groups is 1. The van der Waals surface area contributed by atoms with Crippen LogP contribution in [0.15, 0.2) is 83.9 Å². The number of aromatic nitrogens is 4. The number of rotatable bonds is 10. The summed E-state index contributed by atoms with van der Waals surface area (Å²) < 4.78 is 23.9. The van der Waals surface area contributed by atoms with Gasteiger partial charge < -0.3 is 20.3 Å². The van der Waals surface area contributed by atoms with E-state index < -0.39 is 10.7 Å². The number of nitro benzene ring substituents is 1. The van der Waals surface area contributed by atoms with Crippen LogP contribution in [0.4, 0.5) is 21.6 Å². The van der Waals surface area contributed by atoms with Gasteiger partial charge in [-0.25, -0.2) is 19.2 Å². The Morgan fingerprint density at radius 1 is 0.885 bits per heavy atom. The van der Waals surface area contributed by atoms with Crippen LogP contribution in [0.1, 0.15) is 38.1 Å². The molecule has 0 aliphatic carbocycles. The van der Waals surface area contributed by atoms with Crippen LogP contribution in [0.25, 0.3) is 16.9 Å². The molecule has 3 saturated heterocycles. The fourth-order valence-electron chi connectivity index (χ4n) is 8.05. The molecule has 3 aliphatic heterocycles. The Labute approximate surface area is 300 Å². The lowest BCUT2D eigenvalue weighted by molar-refractivity contribution is -0.385. The number of likely N-dealkylation sites (tertiary alicyclic amines) is 2. The number of anilines is 2. The smallest absolute Gasteiger partial charge is 0.335 e. The number of ether oxygens (including phenoxy) is 1. The lowest BCUT2D eigenvalue weighted by Crippen LogP contribution is -2.61. The SMILES string of the molecule is Nc1ncnc2c1n(-c1ccc(Oc3ccccc3)cc1)c(=O)n2C1CCN(CCC2CCN(C3CN(c4ccc([N+](=O)[O-])cc4F)C3)CC2)CC1. The quantitative estimate of drug-likeness (QED) is 0.143. The molecule has 0 saturated carbocycles. The summed E-state index contributed by atoms with van der Waals surface area (Å²) in [6, 6.07) is 21.2. The Balaban J connectivity index is 0.840. The number of non-ortho nitro benzene ring substituents is 1. The minimum absolute atomic E-state index is 0.00671. The molecule has 0 spiro atoms. The van der Waals surface area contributed by atoms with Crippen molar-refractivity contribution in [2.45, 2.75) is 44.2 Å². The van der Waals surface area contributed by atoms with Gasteiger partial charge in [-0.1, -0.05) is 18.2 Å². The predicted octanol–water partition coefficient (Wildman–Crippen LogP) is 5.63. The zero-order valence-corrected chi connectivity index (χ0v) is 28.9. The summed E-state index contributed by atoms with van der Waals surface area (Å²) in [5, 5.41) is 10.9. The van der Waals surface area contributed by atoms with Crippen LogP contribution in [-0.4, -0.2) is 85.7 Å². The van der Waals surface area contributed by atoms with E-state index in [1.165, 1.54) is 18.5 Å². The van der Waals surface area contributed by atoms with E-state index in [1.807, 2.05) is 64.1 Å². The first-order chi connectivity index (χ1) is 25.3. The first-order valence-corrected chi connectivity index (χ1v) is 18.0. The van der Waals surface area contributed by atoms with Crippen molar-refractivity contribution in [3.63, 3.8) is 0 Å². The van der Waals surface area contributed by atoms with Crippen molar-refractivity contribution in [3.05, 3.63) is 106 Å². The van der Waals surface area contributed by atoms with E-state index in [9.17, 15) is 19.3 Å². The second kappa shape index (κ2) is 14.4. The molecule has 13 nitrogen and oxygen atoms in total. The molecular weight excluding hydrogens is 665 g/mol. The van der Waals surface area contributed by atoms with Gasteiger partial charge in [-0.05, 0) is 100 Å². The maximum atomic E-state index is 14.5. The van der Waals surface area contributed by atoms with Gasteiger partial charge in [-0.2, -0.15) is 0 Å². The van der Waals surface area contributed by atoms with Gasteiger partial charge in [0, 0.05) is 44.3 Å². The Kier molecular flexibility index (Phi) is 9.32. The fourth-order valence-corrected chi connectivity index (χ4v) is 8.05. The lowest BCUT2D eigenvalue weighted by atomic mass is 9.91. The molecule has 3 fully saturated rings. The van der Waals surface area contributed by atoms with Gasteiger partial charge in [0.05, 0.1) is 22.4 Å². The topological polar surface area (TPSA) is 141 Å². The van der Waals surface area contributed by atoms with E-state index in [0.717, 1.165) is 89.7 Å². The van der Waals surface area contributed by atoms with E-state index in [2.05, 4.69) is 19.8 Å². The third-order valence-corrected chi connectivity index (χ3v) is 11.0. The molecule has 2 aromatic heterocycles. The van der Waals surface area contributed by atoms with Crippen LogP contribution < -0.4 is 21.1 Å². The van der Waals surface area contributed by atoms with Gasteiger partial charge in [0.15, 0.2) is 17.3 Å². The highest BCUT2D eigenvalue weighted by atomic mass is 19.1. The second-order valence-electron chi connectivity index (χ2n) is 14.1. The number of benzene rings is 3. The predicted molar refractivity (Wildman–Crippen MR) is 197 cm³/mol. The number of fused-ring (bicyclic) bond motifs is 1. The molecule has 2 N–H and O–H groups in total. The molecule has 14 heteroatoms. The van der Waals surface area contributed by atoms with Crippen LogP contribution in [0.3, 0.4) is 0 Å². The summed E-state index contributed by atoms with van der Waals surface area (Å²) in [5.41, 5.74) is 8.15. The number of imidazole rings is 1. The maximum Gasteiger partial charge on any atom is 0.335 e. The number of nitrogen functional groups attached to an aromatic ring is 1. The Hall–Kier alpha value is -5.34. The molecule has 270 valence electrons. The molecule has 5 heterocycles. The Morgan fingerprint density at radius 3 is 2.29 bits per heavy atom. The molecule has 0 bridgehead atoms. The zero-order chi connectivity index (χ0) is 35.8. The largest absolute Gasteiger partial charge is 0.457 e. The molecule has 0 amide bonds. The molecule has 0 unspecified atom stereocenters. The molecule has 8 rings (SSSR count). The van der Waals surface area contributed by atoms with Crippen LogP contribution in [0.5, 0.6) is 11.5 Å². The average molecular weight is 708 g/mol. The number of hydrogen-bond donors (Lipinski definition) is 1. The molecule has 0 atom stereocenters. The Morgan fingerprint density at radius 2 is 1.60 bits per heavy atom. The van der Waals surface area contributed by atoms with Crippen molar-refractivity contribution in [1.29, 1.82) is 0 Å². The number of para-hydroxylation sites is 1. The minimum atomic E-state index is -0.571. The maximum absolute atomic E-state index is 14.5. The minimum Gasteiger partial charge on any atom is -0.457 e. The lowest BCUT2D eigenvalue weighted by Gasteiger charge is -2.48. The van der Waals surface area contributed by atoms with Crippen LogP contribution >= 0.6 is 0 Å². The average Bonchev–Trinajstić information content (AvgIpc) is 3.45. The van der Waals surface area contributed by atoms with Crippen molar-refractivity contribution in [2.75, 3.05) is 56.4 Å². The van der Waals surface area contributed by atoms with E-state index in [-0.39, 0.29) is 23.2 Å². The fraction of sp³-hybridized carbons (Fsp3) is 0.395. The second-order valence-corrected chi connectivity index (χ2v) is 14.1. The van der Waals surface area contributed by atoms with Crippen molar-refractivity contribution in [2.24, 2.45) is 5.92 Å². The summed E-state index contributed by atoms with van der Waals surface area (Å²) in [5.74, 6) is 1.80. The normalized spacial score (nSPS) is 18.1. The van der Waals surface area contributed by atoms with Crippen molar-refractivity contribution in [1.82, 2.24) is 28.9 Å². The van der Waals surface area contributed by atoms with Crippen LogP contribution in [-0.2, 0) is 0 Å². The van der Waals surface area contributed by atoms with E-state index in [4.69, 9.17) is 10.5 Å². The molecule has 0 radical (unpaired) electrons. The van der Waals surface area contributed by atoms with Gasteiger partial charge in [0.25, 0.3) is 5.69 Å². The Bertz CT molecular complexity index is 2100. The van der Waals surface area contributed by atoms with Crippen molar-refractivity contribution in [3.8, 4) is 17.2 Å². The highest BCUT2D eigenvalue weighted by Gasteiger charge is 2.35. The highest BCUT2D eigenvalue weighted by molar-refractivity contribution is 5.84. The first kappa shape index (κ1) is 33.8. The molecule has 3 aliphatic rings. The van der Waals surface area contributed by atoms with Crippen LogP contribution in [0.2, 0.25) is 0 Å². The molecule has 52 heavy (non-hydrogen) atoms. The number of halogens is 1. The molecule has 5 aromatic rings. The van der Waals surface area contributed by atoms with Gasteiger partial charge in [-0.15, -0.1) is 0 Å². The summed E-state index contributed by atoms with van der Waals surface area (Å²) >= 11 is 0.